The molecule has 0 saturated carbocycles. The standard InChI is InChI=1S/C19H22N2O4S2/c1-5-9-20-19(26)21-17-16(18(22)25-6-2)13(11-27-17)12-7-8-14(23-3)15(10-12)24-4/h5,7-8,10-11H,1,6,9H2,2-4H3,(H2,20,21,26). The van der Waals surface area contributed by atoms with Gasteiger partial charge in [0, 0.05) is 17.5 Å². The second kappa shape index (κ2) is 9.94. The molecule has 0 unspecified atom stereocenters. The van der Waals surface area contributed by atoms with Gasteiger partial charge in [0.2, 0.25) is 0 Å². The van der Waals surface area contributed by atoms with Crippen molar-refractivity contribution < 1.29 is 19.0 Å². The molecule has 0 bridgehead atoms. The highest BCUT2D eigenvalue weighted by atomic mass is 32.1. The van der Waals surface area contributed by atoms with E-state index in [0.717, 1.165) is 11.1 Å². The highest BCUT2D eigenvalue weighted by Gasteiger charge is 2.23. The number of ether oxygens (including phenoxy) is 3. The van der Waals surface area contributed by atoms with Gasteiger partial charge in [-0.1, -0.05) is 12.1 Å². The van der Waals surface area contributed by atoms with Crippen LogP contribution in [0.25, 0.3) is 11.1 Å². The van der Waals surface area contributed by atoms with Crippen molar-refractivity contribution >= 4 is 39.6 Å². The lowest BCUT2D eigenvalue weighted by Gasteiger charge is -2.12. The summed E-state index contributed by atoms with van der Waals surface area (Å²) in [6, 6.07) is 5.48. The van der Waals surface area contributed by atoms with Gasteiger partial charge in [-0.15, -0.1) is 17.9 Å². The van der Waals surface area contributed by atoms with Crippen LogP contribution in [0.3, 0.4) is 0 Å². The smallest absolute Gasteiger partial charge is 0.341 e. The van der Waals surface area contributed by atoms with E-state index in [1.807, 2.05) is 17.5 Å². The Labute approximate surface area is 168 Å². The normalized spacial score (nSPS) is 10.0. The van der Waals surface area contributed by atoms with E-state index in [-0.39, 0.29) is 6.61 Å². The molecule has 1 heterocycles. The zero-order chi connectivity index (χ0) is 19.8. The maximum atomic E-state index is 12.6. The van der Waals surface area contributed by atoms with E-state index >= 15 is 0 Å². The molecule has 0 radical (unpaired) electrons. The third kappa shape index (κ3) is 4.99. The second-order valence-electron chi connectivity index (χ2n) is 5.27. The minimum atomic E-state index is -0.419. The van der Waals surface area contributed by atoms with Crippen LogP contribution in [-0.2, 0) is 4.74 Å². The van der Waals surface area contributed by atoms with Crippen molar-refractivity contribution in [3.8, 4) is 22.6 Å². The molecular weight excluding hydrogens is 384 g/mol. The zero-order valence-corrected chi connectivity index (χ0v) is 17.1. The number of methoxy groups -OCH3 is 2. The third-order valence-corrected chi connectivity index (χ3v) is 4.74. The molecule has 0 aliphatic carbocycles. The van der Waals surface area contributed by atoms with Crippen LogP contribution < -0.4 is 20.1 Å². The summed E-state index contributed by atoms with van der Waals surface area (Å²) < 4.78 is 15.9. The van der Waals surface area contributed by atoms with Crippen LogP contribution in [-0.4, -0.2) is 38.5 Å². The van der Waals surface area contributed by atoms with E-state index in [9.17, 15) is 4.79 Å². The van der Waals surface area contributed by atoms with Crippen LogP contribution in [0.1, 0.15) is 17.3 Å². The van der Waals surface area contributed by atoms with E-state index in [2.05, 4.69) is 17.2 Å². The van der Waals surface area contributed by atoms with Crippen LogP contribution >= 0.6 is 23.6 Å². The molecule has 144 valence electrons. The van der Waals surface area contributed by atoms with Gasteiger partial charge in [0.1, 0.15) is 10.6 Å². The molecule has 0 spiro atoms. The van der Waals surface area contributed by atoms with Gasteiger partial charge >= 0.3 is 5.97 Å². The van der Waals surface area contributed by atoms with Crippen molar-refractivity contribution in [3.63, 3.8) is 0 Å². The summed E-state index contributed by atoms with van der Waals surface area (Å²) in [5.74, 6) is 0.772. The molecule has 2 aromatic rings. The average Bonchev–Trinajstić information content (AvgIpc) is 3.09. The van der Waals surface area contributed by atoms with Gasteiger partial charge in [-0.05, 0) is 36.8 Å². The number of anilines is 1. The summed E-state index contributed by atoms with van der Waals surface area (Å²) in [6.07, 6.45) is 1.70. The minimum absolute atomic E-state index is 0.276. The van der Waals surface area contributed by atoms with Crippen molar-refractivity contribution in [3.05, 3.63) is 41.8 Å². The van der Waals surface area contributed by atoms with Crippen LogP contribution in [0.2, 0.25) is 0 Å². The first-order chi connectivity index (χ1) is 13.0. The lowest BCUT2D eigenvalue weighted by atomic mass is 10.0. The van der Waals surface area contributed by atoms with Gasteiger partial charge < -0.3 is 24.8 Å². The average molecular weight is 407 g/mol. The Morgan fingerprint density at radius 1 is 1.30 bits per heavy atom. The summed E-state index contributed by atoms with van der Waals surface area (Å²) >= 11 is 6.63. The summed E-state index contributed by atoms with van der Waals surface area (Å²) in [6.45, 7) is 6.21. The Hall–Kier alpha value is -2.58. The molecule has 0 atom stereocenters. The number of esters is 1. The van der Waals surface area contributed by atoms with Gasteiger partial charge in [0.05, 0.1) is 20.8 Å². The molecular formula is C19H22N2O4S2. The Balaban J connectivity index is 2.45. The van der Waals surface area contributed by atoms with E-state index < -0.39 is 5.97 Å². The molecule has 0 fully saturated rings. The van der Waals surface area contributed by atoms with Crippen molar-refractivity contribution in [2.75, 3.05) is 32.7 Å². The number of carbonyl (C=O) groups is 1. The largest absolute Gasteiger partial charge is 0.493 e. The number of thiophene rings is 1. The van der Waals surface area contributed by atoms with Gasteiger partial charge in [-0.25, -0.2) is 4.79 Å². The number of carbonyl (C=O) groups excluding carboxylic acids is 1. The predicted molar refractivity (Wildman–Crippen MR) is 113 cm³/mol. The lowest BCUT2D eigenvalue weighted by Crippen LogP contribution is -2.28. The summed E-state index contributed by atoms with van der Waals surface area (Å²) in [4.78, 5) is 12.6. The number of hydrogen-bond acceptors (Lipinski definition) is 6. The third-order valence-electron chi connectivity index (χ3n) is 3.60. The summed E-state index contributed by atoms with van der Waals surface area (Å²) in [5, 5.41) is 8.94. The van der Waals surface area contributed by atoms with Crippen LogP contribution in [0.4, 0.5) is 5.00 Å². The van der Waals surface area contributed by atoms with Crippen LogP contribution in [0, 0.1) is 0 Å². The number of rotatable bonds is 8. The first-order valence-electron chi connectivity index (χ1n) is 8.22. The monoisotopic (exact) mass is 406 g/mol. The Morgan fingerprint density at radius 2 is 2.04 bits per heavy atom. The number of hydrogen-bond donors (Lipinski definition) is 2. The zero-order valence-electron chi connectivity index (χ0n) is 15.5. The molecule has 0 amide bonds. The Bertz CT molecular complexity index is 833. The van der Waals surface area contributed by atoms with E-state index in [1.54, 1.807) is 33.3 Å². The topological polar surface area (TPSA) is 68.8 Å². The molecule has 27 heavy (non-hydrogen) atoms. The molecule has 0 saturated heterocycles. The summed E-state index contributed by atoms with van der Waals surface area (Å²) in [7, 11) is 3.14. The molecule has 2 rings (SSSR count). The van der Waals surface area contributed by atoms with Crippen LogP contribution in [0.5, 0.6) is 11.5 Å². The van der Waals surface area contributed by atoms with Crippen molar-refractivity contribution in [1.82, 2.24) is 5.32 Å². The van der Waals surface area contributed by atoms with Crippen LogP contribution in [0.15, 0.2) is 36.2 Å². The maximum absolute atomic E-state index is 12.6. The van der Waals surface area contributed by atoms with Crippen molar-refractivity contribution in [2.24, 2.45) is 0 Å². The molecule has 2 N–H and O–H groups in total. The minimum Gasteiger partial charge on any atom is -0.493 e. The van der Waals surface area contributed by atoms with E-state index in [4.69, 9.17) is 26.4 Å². The number of thiocarbonyl (C=S) groups is 1. The Morgan fingerprint density at radius 3 is 2.67 bits per heavy atom. The maximum Gasteiger partial charge on any atom is 0.341 e. The van der Waals surface area contributed by atoms with Gasteiger partial charge in [-0.3, -0.25) is 0 Å². The van der Waals surface area contributed by atoms with E-state index in [1.165, 1.54) is 11.3 Å². The lowest BCUT2D eigenvalue weighted by molar-refractivity contribution is 0.0529. The number of benzene rings is 1. The van der Waals surface area contributed by atoms with Gasteiger partial charge in [0.25, 0.3) is 0 Å². The molecule has 8 heteroatoms. The first-order valence-corrected chi connectivity index (χ1v) is 9.51. The molecule has 1 aromatic heterocycles. The van der Waals surface area contributed by atoms with Crippen molar-refractivity contribution in [2.45, 2.75) is 6.92 Å². The molecule has 0 aliphatic heterocycles. The number of nitrogens with one attached hydrogen (secondary N) is 2. The van der Waals surface area contributed by atoms with E-state index in [0.29, 0.717) is 33.7 Å². The Kier molecular flexibility index (Phi) is 7.63. The molecule has 6 nitrogen and oxygen atoms in total. The fourth-order valence-corrected chi connectivity index (χ4v) is 3.60. The predicted octanol–water partition coefficient (Wildman–Crippen LogP) is 4.08. The summed E-state index contributed by atoms with van der Waals surface area (Å²) in [5.41, 5.74) is 1.97. The quantitative estimate of drug-likeness (QED) is 0.389. The highest BCUT2D eigenvalue weighted by Crippen LogP contribution is 2.39. The second-order valence-corrected chi connectivity index (χ2v) is 6.56. The molecule has 0 aliphatic rings. The first kappa shape index (κ1) is 20.7. The molecule has 1 aromatic carbocycles. The van der Waals surface area contributed by atoms with Gasteiger partial charge in [-0.2, -0.15) is 0 Å². The van der Waals surface area contributed by atoms with Gasteiger partial charge in [0.15, 0.2) is 16.6 Å². The fraction of sp³-hybridized carbons (Fsp3) is 0.263. The fourth-order valence-electron chi connectivity index (χ4n) is 2.38. The SMILES string of the molecule is C=CCNC(=S)Nc1scc(-c2ccc(OC)c(OC)c2)c1C(=O)OCC. The highest BCUT2D eigenvalue weighted by molar-refractivity contribution is 7.80. The van der Waals surface area contributed by atoms with Crippen molar-refractivity contribution in [1.29, 1.82) is 0 Å².